The number of carbonyl (C=O) groups excluding carboxylic acids is 3. The molecular weight excluding hydrogens is 552 g/mol. The molecule has 2 amide bonds. The maximum Gasteiger partial charge on any atom is 0.309 e. The number of amides is 2. The van der Waals surface area contributed by atoms with E-state index in [0.29, 0.717) is 17.8 Å². The first-order chi connectivity index (χ1) is 19.9. The molecule has 0 unspecified atom stereocenters. The second kappa shape index (κ2) is 17.1. The summed E-state index contributed by atoms with van der Waals surface area (Å²) < 4.78 is 5.19. The number of aromatic nitrogens is 1. The third-order valence-electron chi connectivity index (χ3n) is 7.71. The summed E-state index contributed by atoms with van der Waals surface area (Å²) in [5.74, 6) is -1.21. The van der Waals surface area contributed by atoms with Crippen molar-refractivity contribution < 1.29 is 24.2 Å². The van der Waals surface area contributed by atoms with Crippen molar-refractivity contribution >= 4 is 29.1 Å². The Labute approximate surface area is 254 Å². The van der Waals surface area contributed by atoms with Crippen molar-refractivity contribution in [3.05, 3.63) is 64.6 Å². The van der Waals surface area contributed by atoms with Crippen LogP contribution in [0.4, 0.5) is 0 Å². The maximum absolute atomic E-state index is 13.3. The molecule has 1 aromatic carbocycles. The van der Waals surface area contributed by atoms with Gasteiger partial charge in [0.15, 0.2) is 0 Å². The van der Waals surface area contributed by atoms with Crippen molar-refractivity contribution in [2.75, 3.05) is 13.7 Å². The number of hydrogen-bond acceptors (Lipinski definition) is 8. The zero-order chi connectivity index (χ0) is 31.4. The lowest BCUT2D eigenvalue weighted by molar-refractivity contribution is -0.147. The summed E-state index contributed by atoms with van der Waals surface area (Å²) in [5, 5.41) is 16.1. The molecule has 9 nitrogen and oxygen atoms in total. The van der Waals surface area contributed by atoms with Crippen LogP contribution in [0.25, 0.3) is 0 Å². The molecule has 6 atom stereocenters. The van der Waals surface area contributed by atoms with E-state index >= 15 is 0 Å². The van der Waals surface area contributed by atoms with Crippen LogP contribution >= 0.6 is 11.3 Å². The van der Waals surface area contributed by atoms with Gasteiger partial charge >= 0.3 is 5.97 Å². The first kappa shape index (κ1) is 35.1. The highest BCUT2D eigenvalue weighted by atomic mass is 32.1. The number of ether oxygens (including phenoxy) is 1. The third kappa shape index (κ3) is 10.3. The summed E-state index contributed by atoms with van der Waals surface area (Å²) in [6.07, 6.45) is 2.53. The molecule has 0 fully saturated rings. The number of hydrogen-bond donors (Lipinski definition) is 3. The minimum atomic E-state index is -0.959. The number of aliphatic hydroxyl groups excluding tert-OH is 1. The molecule has 10 heteroatoms. The number of benzene rings is 1. The molecular formula is C32H48N4O5S. The summed E-state index contributed by atoms with van der Waals surface area (Å²) in [6, 6.07) is 8.51. The predicted octanol–water partition coefficient (Wildman–Crippen LogP) is 4.52. The van der Waals surface area contributed by atoms with Gasteiger partial charge in [0.1, 0.15) is 23.4 Å². The summed E-state index contributed by atoms with van der Waals surface area (Å²) in [5.41, 5.74) is 7.42. The Hall–Kier alpha value is -3.08. The third-order valence-corrected chi connectivity index (χ3v) is 8.65. The Bertz CT molecular complexity index is 1150. The van der Waals surface area contributed by atoms with Crippen molar-refractivity contribution in [3.8, 4) is 0 Å². The molecule has 0 aliphatic rings. The number of carbonyl (C=O) groups is 3. The molecule has 0 saturated heterocycles. The van der Waals surface area contributed by atoms with Crippen LogP contribution in [0.3, 0.4) is 0 Å². The van der Waals surface area contributed by atoms with Gasteiger partial charge in [-0.15, -0.1) is 11.3 Å². The van der Waals surface area contributed by atoms with Crippen LogP contribution in [0, 0.1) is 17.8 Å². The summed E-state index contributed by atoms with van der Waals surface area (Å²) >= 11 is 1.20. The fraction of sp³-hybridized carbons (Fsp3) is 0.562. The van der Waals surface area contributed by atoms with Crippen LogP contribution in [0.2, 0.25) is 0 Å². The number of nitrogens with one attached hydrogen (secondary N) is 1. The first-order valence-corrected chi connectivity index (χ1v) is 15.5. The van der Waals surface area contributed by atoms with Crippen LogP contribution in [-0.2, 0) is 20.7 Å². The second-order valence-corrected chi connectivity index (χ2v) is 12.3. The average molecular weight is 601 g/mol. The Morgan fingerprint density at radius 1 is 1.17 bits per heavy atom. The molecule has 4 N–H and O–H groups in total. The smallest absolute Gasteiger partial charge is 0.309 e. The lowest BCUT2D eigenvalue weighted by Gasteiger charge is -2.35. The van der Waals surface area contributed by atoms with Gasteiger partial charge in [-0.05, 0) is 30.2 Å². The first-order valence-electron chi connectivity index (χ1n) is 14.7. The summed E-state index contributed by atoms with van der Waals surface area (Å²) in [6.45, 7) is 13.4. The highest BCUT2D eigenvalue weighted by Crippen LogP contribution is 2.28. The van der Waals surface area contributed by atoms with Crippen LogP contribution in [-0.4, -0.2) is 64.6 Å². The number of aliphatic hydroxyl groups is 1. The SMILES string of the molecule is C=CCOC(=O)[C@@H](C)C[C@H](Cc1ccccc1)NC(=O)c1csc([C@H](O)C[C@H](C(C)C)N(C)C(=O)[C@@H](N)[C@@H](C)CC)n1. The Kier molecular flexibility index (Phi) is 14.3. The average Bonchev–Trinajstić information content (AvgIpc) is 3.48. The van der Waals surface area contributed by atoms with Gasteiger partial charge in [0, 0.05) is 30.9 Å². The monoisotopic (exact) mass is 600 g/mol. The van der Waals surface area contributed by atoms with Gasteiger partial charge in [-0.2, -0.15) is 0 Å². The highest BCUT2D eigenvalue weighted by molar-refractivity contribution is 7.09. The van der Waals surface area contributed by atoms with E-state index in [1.165, 1.54) is 17.4 Å². The van der Waals surface area contributed by atoms with E-state index in [2.05, 4.69) is 16.9 Å². The van der Waals surface area contributed by atoms with Crippen molar-refractivity contribution in [3.63, 3.8) is 0 Å². The number of nitrogens with two attached hydrogens (primary N) is 1. The van der Waals surface area contributed by atoms with E-state index in [1.807, 2.05) is 58.0 Å². The van der Waals surface area contributed by atoms with Crippen LogP contribution in [0.15, 0.2) is 48.4 Å². The predicted molar refractivity (Wildman–Crippen MR) is 167 cm³/mol. The lowest BCUT2D eigenvalue weighted by Crippen LogP contribution is -2.51. The number of rotatable bonds is 17. The van der Waals surface area contributed by atoms with E-state index in [-0.39, 0.29) is 60.4 Å². The minimum Gasteiger partial charge on any atom is -0.461 e. The van der Waals surface area contributed by atoms with Gasteiger partial charge in [0.2, 0.25) is 5.91 Å². The van der Waals surface area contributed by atoms with Gasteiger partial charge in [-0.1, -0.05) is 84.0 Å². The van der Waals surface area contributed by atoms with Crippen molar-refractivity contribution in [1.82, 2.24) is 15.2 Å². The van der Waals surface area contributed by atoms with Gasteiger partial charge in [-0.25, -0.2) is 4.98 Å². The van der Waals surface area contributed by atoms with Gasteiger partial charge in [0.25, 0.3) is 5.91 Å². The molecule has 0 aliphatic carbocycles. The second-order valence-electron chi connectivity index (χ2n) is 11.4. The zero-order valence-electron chi connectivity index (χ0n) is 25.8. The normalized spacial score (nSPS) is 15.6. The van der Waals surface area contributed by atoms with Gasteiger partial charge in [-0.3, -0.25) is 14.4 Å². The fourth-order valence-electron chi connectivity index (χ4n) is 4.81. The van der Waals surface area contributed by atoms with Crippen LogP contribution in [0.5, 0.6) is 0 Å². The van der Waals surface area contributed by atoms with E-state index in [9.17, 15) is 19.5 Å². The number of esters is 1. The van der Waals surface area contributed by atoms with E-state index in [0.717, 1.165) is 12.0 Å². The molecule has 0 bridgehead atoms. The molecule has 1 heterocycles. The van der Waals surface area contributed by atoms with Crippen LogP contribution in [0.1, 0.15) is 81.0 Å². The molecule has 0 radical (unpaired) electrons. The quantitative estimate of drug-likeness (QED) is 0.180. The van der Waals surface area contributed by atoms with Gasteiger partial charge < -0.3 is 25.8 Å². The molecule has 0 spiro atoms. The fourth-order valence-corrected chi connectivity index (χ4v) is 5.60. The Morgan fingerprint density at radius 2 is 1.83 bits per heavy atom. The Morgan fingerprint density at radius 3 is 2.43 bits per heavy atom. The van der Waals surface area contributed by atoms with Crippen molar-refractivity contribution in [1.29, 1.82) is 0 Å². The number of likely N-dealkylation sites (N-methyl/N-ethyl adjacent to an activating group) is 1. The molecule has 42 heavy (non-hydrogen) atoms. The molecule has 0 saturated carbocycles. The van der Waals surface area contributed by atoms with E-state index in [1.54, 1.807) is 24.3 Å². The minimum absolute atomic E-state index is 0.0456. The summed E-state index contributed by atoms with van der Waals surface area (Å²) in [7, 11) is 1.73. The van der Waals surface area contributed by atoms with E-state index < -0.39 is 18.1 Å². The molecule has 2 aromatic rings. The van der Waals surface area contributed by atoms with Crippen molar-refractivity contribution in [2.24, 2.45) is 23.5 Å². The standard InChI is InChI=1S/C32H48N4O5S/c1-8-15-41-32(40)22(6)16-24(17-23-13-11-10-12-14-23)34-29(38)25-19-42-30(35-25)27(37)18-26(20(3)4)36(7)31(39)28(33)21(5)9-2/h8,10-14,19-22,24,26-28,37H,1,9,15-18,33H2,2-7H3,(H,34,38)/t21-,22-,24+,26+,27+,28-/m0/s1. The highest BCUT2D eigenvalue weighted by Gasteiger charge is 2.32. The van der Waals surface area contributed by atoms with Crippen molar-refractivity contribution in [2.45, 2.75) is 84.5 Å². The topological polar surface area (TPSA) is 135 Å². The maximum atomic E-state index is 13.3. The molecule has 2 rings (SSSR count). The van der Waals surface area contributed by atoms with Crippen LogP contribution < -0.4 is 11.1 Å². The molecule has 1 aromatic heterocycles. The lowest BCUT2D eigenvalue weighted by atomic mass is 9.93. The Balaban J connectivity index is 2.13. The number of thiazole rings is 1. The van der Waals surface area contributed by atoms with Gasteiger partial charge in [0.05, 0.1) is 12.0 Å². The van der Waals surface area contributed by atoms with E-state index in [4.69, 9.17) is 10.5 Å². The zero-order valence-corrected chi connectivity index (χ0v) is 26.6. The number of nitrogens with zero attached hydrogens (tertiary/aromatic N) is 2. The largest absolute Gasteiger partial charge is 0.461 e. The molecule has 232 valence electrons. The summed E-state index contributed by atoms with van der Waals surface area (Å²) in [4.78, 5) is 44.7. The molecule has 0 aliphatic heterocycles.